The predicted molar refractivity (Wildman–Crippen MR) is 91.6 cm³/mol. The van der Waals surface area contributed by atoms with Crippen molar-refractivity contribution in [2.24, 2.45) is 0 Å². The fourth-order valence-corrected chi connectivity index (χ4v) is 2.89. The van der Waals surface area contributed by atoms with Crippen LogP contribution in [0.3, 0.4) is 0 Å². The summed E-state index contributed by atoms with van der Waals surface area (Å²) in [7, 11) is 0. The van der Waals surface area contributed by atoms with Crippen molar-refractivity contribution >= 4 is 17.7 Å². The van der Waals surface area contributed by atoms with Crippen LogP contribution in [0, 0.1) is 0 Å². The van der Waals surface area contributed by atoms with Crippen molar-refractivity contribution < 1.29 is 9.32 Å². The molecule has 0 aliphatic heterocycles. The number of hydrogen-bond donors (Lipinski definition) is 1. The largest absolute Gasteiger partial charge is 0.350 e. The topological polar surface area (TPSA) is 68.0 Å². The highest BCUT2D eigenvalue weighted by atomic mass is 32.2. The van der Waals surface area contributed by atoms with Gasteiger partial charge in [0.1, 0.15) is 0 Å². The van der Waals surface area contributed by atoms with Crippen molar-refractivity contribution in [1.82, 2.24) is 15.5 Å². The molecule has 0 saturated heterocycles. The Hall–Kier alpha value is -1.82. The van der Waals surface area contributed by atoms with Crippen molar-refractivity contribution in [2.45, 2.75) is 38.1 Å². The molecule has 23 heavy (non-hydrogen) atoms. The van der Waals surface area contributed by atoms with Gasteiger partial charge in [0.25, 0.3) is 11.8 Å². The Kier molecular flexibility index (Phi) is 5.00. The minimum absolute atomic E-state index is 0.0469. The standard InChI is InChI=1S/C17H21N3O2S/c1-11(9-10-23-2)18-16(21)13-5-7-14(8-6-13)17-19-15(20-22-17)12-3-4-12/h5-8,11-12H,3-4,9-10H2,1-2H3,(H,18,21). The number of carbonyl (C=O) groups is 1. The molecule has 1 heterocycles. The van der Waals surface area contributed by atoms with Gasteiger partial charge in [-0.15, -0.1) is 0 Å². The van der Waals surface area contributed by atoms with Crippen LogP contribution in [-0.2, 0) is 0 Å². The molecule has 3 rings (SSSR count). The number of aromatic nitrogens is 2. The quantitative estimate of drug-likeness (QED) is 0.841. The Bertz CT molecular complexity index is 665. The second-order valence-electron chi connectivity index (χ2n) is 5.97. The van der Waals surface area contributed by atoms with Crippen LogP contribution in [0.2, 0.25) is 0 Å². The van der Waals surface area contributed by atoms with E-state index in [1.807, 2.05) is 19.1 Å². The zero-order valence-corrected chi connectivity index (χ0v) is 14.2. The van der Waals surface area contributed by atoms with Crippen molar-refractivity contribution in [2.75, 3.05) is 12.0 Å². The predicted octanol–water partition coefficient (Wildman–Crippen LogP) is 3.49. The molecule has 1 aliphatic carbocycles. The van der Waals surface area contributed by atoms with E-state index in [4.69, 9.17) is 4.52 Å². The van der Waals surface area contributed by atoms with Crippen LogP contribution in [0.1, 0.15) is 48.3 Å². The lowest BCUT2D eigenvalue weighted by Gasteiger charge is -2.13. The molecular weight excluding hydrogens is 310 g/mol. The first-order valence-corrected chi connectivity index (χ1v) is 9.30. The Labute approximate surface area is 140 Å². The summed E-state index contributed by atoms with van der Waals surface area (Å²) in [6.45, 7) is 2.03. The lowest BCUT2D eigenvalue weighted by atomic mass is 10.1. The van der Waals surface area contributed by atoms with Gasteiger partial charge in [-0.3, -0.25) is 4.79 Å². The van der Waals surface area contributed by atoms with Gasteiger partial charge in [-0.1, -0.05) is 5.16 Å². The molecule has 5 nitrogen and oxygen atoms in total. The Morgan fingerprint density at radius 3 is 2.78 bits per heavy atom. The summed E-state index contributed by atoms with van der Waals surface area (Å²) in [6, 6.07) is 7.48. The van der Waals surface area contributed by atoms with E-state index in [1.54, 1.807) is 23.9 Å². The summed E-state index contributed by atoms with van der Waals surface area (Å²) in [5.41, 5.74) is 1.49. The van der Waals surface area contributed by atoms with Gasteiger partial charge >= 0.3 is 0 Å². The third kappa shape index (κ3) is 4.13. The number of thioether (sulfide) groups is 1. The maximum absolute atomic E-state index is 12.2. The summed E-state index contributed by atoms with van der Waals surface area (Å²) in [5.74, 6) is 2.78. The molecule has 1 unspecified atom stereocenters. The molecule has 0 spiro atoms. The van der Waals surface area contributed by atoms with Crippen LogP contribution < -0.4 is 5.32 Å². The normalized spacial score (nSPS) is 15.4. The van der Waals surface area contributed by atoms with Crippen LogP contribution >= 0.6 is 11.8 Å². The van der Waals surface area contributed by atoms with Gasteiger partial charge in [-0.25, -0.2) is 0 Å². The number of benzene rings is 1. The van der Waals surface area contributed by atoms with E-state index in [2.05, 4.69) is 21.7 Å². The maximum Gasteiger partial charge on any atom is 0.257 e. The summed E-state index contributed by atoms with van der Waals surface area (Å²) >= 11 is 1.79. The number of nitrogens with one attached hydrogen (secondary N) is 1. The first-order valence-electron chi connectivity index (χ1n) is 7.91. The Morgan fingerprint density at radius 2 is 2.13 bits per heavy atom. The van der Waals surface area contributed by atoms with E-state index in [0.29, 0.717) is 17.4 Å². The number of hydrogen-bond acceptors (Lipinski definition) is 5. The number of carbonyl (C=O) groups excluding carboxylic acids is 1. The van der Waals surface area contributed by atoms with E-state index in [-0.39, 0.29) is 11.9 Å². The van der Waals surface area contributed by atoms with Crippen LogP contribution in [0.15, 0.2) is 28.8 Å². The van der Waals surface area contributed by atoms with Gasteiger partial charge in [0.05, 0.1) is 0 Å². The summed E-state index contributed by atoms with van der Waals surface area (Å²) in [5, 5.41) is 7.03. The molecule has 1 fully saturated rings. The number of rotatable bonds is 7. The summed E-state index contributed by atoms with van der Waals surface area (Å²) in [6.07, 6.45) is 5.33. The summed E-state index contributed by atoms with van der Waals surface area (Å²) in [4.78, 5) is 16.6. The highest BCUT2D eigenvalue weighted by Crippen LogP contribution is 2.38. The van der Waals surface area contributed by atoms with Gasteiger partial charge in [-0.2, -0.15) is 16.7 Å². The smallest absolute Gasteiger partial charge is 0.257 e. The average Bonchev–Trinajstić information content (AvgIpc) is 3.30. The summed E-state index contributed by atoms with van der Waals surface area (Å²) < 4.78 is 5.30. The molecule has 122 valence electrons. The van der Waals surface area contributed by atoms with Gasteiger partial charge in [0.2, 0.25) is 0 Å². The highest BCUT2D eigenvalue weighted by Gasteiger charge is 2.28. The molecule has 0 radical (unpaired) electrons. The molecule has 1 amide bonds. The maximum atomic E-state index is 12.2. The molecule has 1 aliphatic rings. The minimum atomic E-state index is -0.0469. The SMILES string of the molecule is CSCCC(C)NC(=O)c1ccc(-c2nc(C3CC3)no2)cc1. The average molecular weight is 331 g/mol. The van der Waals surface area contributed by atoms with Crippen molar-refractivity contribution in [1.29, 1.82) is 0 Å². The van der Waals surface area contributed by atoms with Crippen molar-refractivity contribution in [3.63, 3.8) is 0 Å². The molecule has 1 aromatic heterocycles. The zero-order chi connectivity index (χ0) is 16.2. The monoisotopic (exact) mass is 331 g/mol. The zero-order valence-electron chi connectivity index (χ0n) is 13.4. The Morgan fingerprint density at radius 1 is 1.39 bits per heavy atom. The van der Waals surface area contributed by atoms with E-state index >= 15 is 0 Å². The highest BCUT2D eigenvalue weighted by molar-refractivity contribution is 7.98. The van der Waals surface area contributed by atoms with Gasteiger partial charge in [0, 0.05) is 23.1 Å². The molecule has 0 bridgehead atoms. The molecule has 1 aromatic carbocycles. The second kappa shape index (κ2) is 7.17. The lowest BCUT2D eigenvalue weighted by Crippen LogP contribution is -2.32. The fourth-order valence-electron chi connectivity index (χ4n) is 2.30. The minimum Gasteiger partial charge on any atom is -0.350 e. The van der Waals surface area contributed by atoms with E-state index in [1.165, 1.54) is 0 Å². The molecule has 1 N–H and O–H groups in total. The van der Waals surface area contributed by atoms with E-state index < -0.39 is 0 Å². The first-order chi connectivity index (χ1) is 11.2. The third-order valence-electron chi connectivity index (χ3n) is 3.91. The fraction of sp³-hybridized carbons (Fsp3) is 0.471. The van der Waals surface area contributed by atoms with Crippen LogP contribution in [0.25, 0.3) is 11.5 Å². The molecular formula is C17H21N3O2S. The van der Waals surface area contributed by atoms with Crippen molar-refractivity contribution in [3.05, 3.63) is 35.7 Å². The van der Waals surface area contributed by atoms with Gasteiger partial charge in [0.15, 0.2) is 5.82 Å². The number of amides is 1. The van der Waals surface area contributed by atoms with Crippen LogP contribution in [-0.4, -0.2) is 34.1 Å². The number of nitrogens with zero attached hydrogens (tertiary/aromatic N) is 2. The lowest BCUT2D eigenvalue weighted by molar-refractivity contribution is 0.0939. The molecule has 2 aromatic rings. The van der Waals surface area contributed by atoms with Crippen molar-refractivity contribution in [3.8, 4) is 11.5 Å². The van der Waals surface area contributed by atoms with Gasteiger partial charge in [-0.05, 0) is 62.5 Å². The van der Waals surface area contributed by atoms with E-state index in [9.17, 15) is 4.79 Å². The Balaban J connectivity index is 1.62. The molecule has 1 atom stereocenters. The van der Waals surface area contributed by atoms with Crippen LogP contribution in [0.4, 0.5) is 0 Å². The van der Waals surface area contributed by atoms with E-state index in [0.717, 1.165) is 36.4 Å². The third-order valence-corrected chi connectivity index (χ3v) is 4.55. The molecule has 6 heteroatoms. The van der Waals surface area contributed by atoms with Gasteiger partial charge < -0.3 is 9.84 Å². The van der Waals surface area contributed by atoms with Crippen LogP contribution in [0.5, 0.6) is 0 Å². The second-order valence-corrected chi connectivity index (χ2v) is 6.95. The first kappa shape index (κ1) is 16.1. The molecule has 1 saturated carbocycles.